The molecule has 0 unspecified atom stereocenters. The van der Waals surface area contributed by atoms with E-state index >= 15 is 0 Å². The van der Waals surface area contributed by atoms with Crippen LogP contribution in [-0.4, -0.2) is 82.6 Å². The first-order valence-electron chi connectivity index (χ1n) is 15.2. The van der Waals surface area contributed by atoms with Crippen LogP contribution in [0, 0.1) is 0 Å². The van der Waals surface area contributed by atoms with E-state index in [1.807, 2.05) is 42.5 Å². The number of ether oxygens (including phenoxy) is 5. The number of benzene rings is 2. The highest BCUT2D eigenvalue weighted by molar-refractivity contribution is 6.99. The van der Waals surface area contributed by atoms with E-state index < -0.39 is 62.8 Å². The Kier molecular flexibility index (Phi) is 13.2. The zero-order valence-corrected chi connectivity index (χ0v) is 28.5. The monoisotopic (exact) mass is 655 g/mol. The number of carbonyl (C=O) groups excluding carboxylic acids is 4. The van der Waals surface area contributed by atoms with Gasteiger partial charge in [-0.2, -0.15) is 0 Å². The van der Waals surface area contributed by atoms with Crippen LogP contribution in [0.3, 0.4) is 0 Å². The molecule has 0 aromatic heterocycles. The number of hydrogen-bond acceptors (Lipinski definition) is 10. The minimum absolute atomic E-state index is 0.0379. The topological polar surface area (TPSA) is 136 Å². The minimum Gasteiger partial charge on any atom is -0.463 e. The molecule has 1 saturated heterocycles. The highest BCUT2D eigenvalue weighted by Crippen LogP contribution is 2.36. The molecule has 3 rings (SSSR count). The summed E-state index contributed by atoms with van der Waals surface area (Å²) in [5.74, 6) is -2.39. The summed E-state index contributed by atoms with van der Waals surface area (Å²) < 4.78 is 35.0. The number of hydrogen-bond donors (Lipinski definition) is 1. The van der Waals surface area contributed by atoms with E-state index in [1.54, 1.807) is 6.08 Å². The summed E-state index contributed by atoms with van der Waals surface area (Å²) in [5, 5.41) is 4.82. The Morgan fingerprint density at radius 3 is 1.78 bits per heavy atom. The van der Waals surface area contributed by atoms with Crippen molar-refractivity contribution in [3.63, 3.8) is 0 Å². The van der Waals surface area contributed by atoms with Crippen LogP contribution < -0.4 is 15.7 Å². The summed E-state index contributed by atoms with van der Waals surface area (Å²) in [6.45, 7) is 11.5. The zero-order chi connectivity index (χ0) is 33.9. The second-order valence-corrected chi connectivity index (χ2v) is 16.3. The number of amides is 1. The number of carbonyl (C=O) groups is 4. The lowest BCUT2D eigenvalue weighted by Gasteiger charge is -2.44. The largest absolute Gasteiger partial charge is 0.463 e. The van der Waals surface area contributed by atoms with E-state index in [2.05, 4.69) is 50.4 Å². The molecule has 11 nitrogen and oxygen atoms in total. The van der Waals surface area contributed by atoms with Crippen LogP contribution in [0.25, 0.3) is 0 Å². The molecule has 0 saturated carbocycles. The number of nitrogens with one attached hydrogen (secondary N) is 1. The summed E-state index contributed by atoms with van der Waals surface area (Å²) in [5.41, 5.74) is 0. The van der Waals surface area contributed by atoms with Crippen molar-refractivity contribution in [1.29, 1.82) is 0 Å². The van der Waals surface area contributed by atoms with E-state index in [1.165, 1.54) is 27.7 Å². The summed E-state index contributed by atoms with van der Waals surface area (Å²) >= 11 is 0. The minimum atomic E-state index is -2.74. The van der Waals surface area contributed by atoms with Crippen molar-refractivity contribution in [1.82, 2.24) is 5.32 Å². The van der Waals surface area contributed by atoms with Crippen molar-refractivity contribution in [2.45, 2.75) is 84.1 Å². The van der Waals surface area contributed by atoms with Crippen LogP contribution in [0.5, 0.6) is 0 Å². The fraction of sp³-hybridized carbons (Fsp3) is 0.471. The van der Waals surface area contributed by atoms with Crippen LogP contribution >= 0.6 is 0 Å². The summed E-state index contributed by atoms with van der Waals surface area (Å²) in [4.78, 5) is 47.8. The molecule has 46 heavy (non-hydrogen) atoms. The Balaban J connectivity index is 1.82. The van der Waals surface area contributed by atoms with Crippen molar-refractivity contribution in [2.24, 2.45) is 0 Å². The van der Waals surface area contributed by atoms with Gasteiger partial charge in [-0.05, 0) is 15.4 Å². The fourth-order valence-electron chi connectivity index (χ4n) is 5.65. The lowest BCUT2D eigenvalue weighted by Crippen LogP contribution is -2.66. The molecule has 0 spiro atoms. The molecule has 1 N–H and O–H groups in total. The predicted octanol–water partition coefficient (Wildman–Crippen LogP) is 2.79. The van der Waals surface area contributed by atoms with Crippen LogP contribution in [0.4, 0.5) is 0 Å². The lowest BCUT2D eigenvalue weighted by atomic mass is 9.96. The van der Waals surface area contributed by atoms with Crippen LogP contribution in [-0.2, 0) is 47.3 Å². The smallest absolute Gasteiger partial charge is 0.303 e. The van der Waals surface area contributed by atoms with Gasteiger partial charge in [-0.3, -0.25) is 19.2 Å². The first-order chi connectivity index (χ1) is 21.8. The van der Waals surface area contributed by atoms with Crippen LogP contribution in [0.2, 0.25) is 5.04 Å². The van der Waals surface area contributed by atoms with Crippen molar-refractivity contribution in [2.75, 3.05) is 19.8 Å². The quantitative estimate of drug-likeness (QED) is 0.149. The third kappa shape index (κ3) is 9.58. The molecule has 250 valence electrons. The second kappa shape index (κ2) is 16.6. The molecular weight excluding hydrogens is 610 g/mol. The van der Waals surface area contributed by atoms with Crippen LogP contribution in [0.15, 0.2) is 72.8 Å². The van der Waals surface area contributed by atoms with Gasteiger partial charge in [0.1, 0.15) is 18.8 Å². The van der Waals surface area contributed by atoms with E-state index in [4.69, 9.17) is 28.1 Å². The maximum atomic E-state index is 12.2. The molecule has 1 heterocycles. The van der Waals surface area contributed by atoms with E-state index in [-0.39, 0.29) is 18.3 Å². The fourth-order valence-corrected chi connectivity index (χ4v) is 10.2. The van der Waals surface area contributed by atoms with Gasteiger partial charge in [-0.25, -0.2) is 0 Å². The molecule has 1 aliphatic rings. The molecule has 0 bridgehead atoms. The van der Waals surface area contributed by atoms with Gasteiger partial charge in [0.25, 0.3) is 8.32 Å². The first-order valence-corrected chi connectivity index (χ1v) is 17.1. The summed E-state index contributed by atoms with van der Waals surface area (Å²) in [6, 6.07) is 19.5. The molecule has 12 heteroatoms. The Morgan fingerprint density at radius 2 is 1.30 bits per heavy atom. The van der Waals surface area contributed by atoms with Gasteiger partial charge >= 0.3 is 17.9 Å². The summed E-state index contributed by atoms with van der Waals surface area (Å²) in [7, 11) is -2.74. The van der Waals surface area contributed by atoms with E-state index in [9.17, 15) is 19.2 Å². The van der Waals surface area contributed by atoms with E-state index in [0.29, 0.717) is 6.61 Å². The molecule has 1 fully saturated rings. The Bertz CT molecular complexity index is 1310. The highest BCUT2D eigenvalue weighted by atomic mass is 28.4. The Hall–Kier alpha value is -3.84. The maximum Gasteiger partial charge on any atom is 0.303 e. The molecule has 2 aromatic carbocycles. The molecular formula is C34H45NO10Si. The van der Waals surface area contributed by atoms with Crippen molar-refractivity contribution >= 4 is 42.5 Å². The predicted molar refractivity (Wildman–Crippen MR) is 173 cm³/mol. The average molecular weight is 656 g/mol. The molecule has 0 aliphatic carbocycles. The zero-order valence-electron chi connectivity index (χ0n) is 27.5. The van der Waals surface area contributed by atoms with Crippen molar-refractivity contribution in [3.05, 3.63) is 72.8 Å². The maximum absolute atomic E-state index is 12.2. The van der Waals surface area contributed by atoms with E-state index in [0.717, 1.165) is 10.4 Å². The lowest BCUT2D eigenvalue weighted by molar-refractivity contribution is -0.275. The average Bonchev–Trinajstić information content (AvgIpc) is 2.98. The van der Waals surface area contributed by atoms with Gasteiger partial charge in [0.15, 0.2) is 18.5 Å². The Labute approximate surface area is 271 Å². The summed E-state index contributed by atoms with van der Waals surface area (Å²) in [6.07, 6.45) is -0.944. The highest BCUT2D eigenvalue weighted by Gasteiger charge is 2.52. The molecule has 0 radical (unpaired) electrons. The van der Waals surface area contributed by atoms with Crippen molar-refractivity contribution in [3.8, 4) is 0 Å². The first kappa shape index (κ1) is 36.6. The third-order valence-corrected chi connectivity index (χ3v) is 12.4. The standard InChI is InChI=1S/C34H45NO10Si/c1-23(36)35-30-32(44-26(4)39)31(43-25(3)38)29(22-41-24(2)37)45-33(30)40-20-14-15-21-42-46(34(5,6)7,27-16-10-8-11-17-27)28-18-12-9-13-19-28/h8-19,29-33H,20-22H2,1-7H3,(H,35,36)/b15-14-/t29-,30-,31-,32-,33-/m1/s1. The second-order valence-electron chi connectivity index (χ2n) is 12.0. The van der Waals surface area contributed by atoms with Gasteiger partial charge in [-0.15, -0.1) is 0 Å². The molecule has 2 aromatic rings. The molecule has 1 amide bonds. The number of rotatable bonds is 13. The molecule has 1 aliphatic heterocycles. The Morgan fingerprint density at radius 1 is 0.783 bits per heavy atom. The van der Waals surface area contributed by atoms with Gasteiger partial charge in [-0.1, -0.05) is 93.6 Å². The SMILES string of the molecule is CC(=O)N[C@H]1[C@H](OC/C=C\CO[Si](c2ccccc2)(c2ccccc2)C(C)(C)C)O[C@H](COC(C)=O)[C@@H](OC(C)=O)[C@@H]1OC(C)=O. The van der Waals surface area contributed by atoms with Crippen LogP contribution in [0.1, 0.15) is 48.5 Å². The van der Waals surface area contributed by atoms with Gasteiger partial charge < -0.3 is 33.4 Å². The van der Waals surface area contributed by atoms with Gasteiger partial charge in [0, 0.05) is 27.7 Å². The third-order valence-electron chi connectivity index (χ3n) is 7.41. The normalized spacial score (nSPS) is 21.8. The van der Waals surface area contributed by atoms with Gasteiger partial charge in [0.05, 0.1) is 13.2 Å². The van der Waals surface area contributed by atoms with Gasteiger partial charge in [0.2, 0.25) is 5.91 Å². The molecule has 5 atom stereocenters. The number of esters is 3. The van der Waals surface area contributed by atoms with Crippen molar-refractivity contribution < 1.29 is 47.3 Å².